The van der Waals surface area contributed by atoms with Crippen molar-refractivity contribution in [3.63, 3.8) is 0 Å². The van der Waals surface area contributed by atoms with Gasteiger partial charge >= 0.3 is 5.97 Å². The van der Waals surface area contributed by atoms with Crippen LogP contribution in [0.15, 0.2) is 35.4 Å². The Hall–Kier alpha value is -2.28. The van der Waals surface area contributed by atoms with Gasteiger partial charge in [0, 0.05) is 11.9 Å². The zero-order valence-corrected chi connectivity index (χ0v) is 12.7. The van der Waals surface area contributed by atoms with Crippen molar-refractivity contribution in [1.82, 2.24) is 4.98 Å². The number of carbonyl (C=O) groups is 1. The number of aromatic amines is 1. The van der Waals surface area contributed by atoms with Crippen LogP contribution >= 0.6 is 0 Å². The SMILES string of the molecule is COC(=O)c1cc(S(=O)(=O)Nc2ccc(C)c(C)c2)c[nH]1. The van der Waals surface area contributed by atoms with Crippen LogP contribution in [0.2, 0.25) is 0 Å². The summed E-state index contributed by atoms with van der Waals surface area (Å²) in [6.45, 7) is 3.85. The van der Waals surface area contributed by atoms with Crippen LogP contribution in [0.4, 0.5) is 5.69 Å². The second-order valence-electron chi connectivity index (χ2n) is 4.65. The van der Waals surface area contributed by atoms with Crippen molar-refractivity contribution in [3.8, 4) is 0 Å². The number of hydrogen-bond donors (Lipinski definition) is 2. The van der Waals surface area contributed by atoms with Gasteiger partial charge in [0.1, 0.15) is 10.6 Å². The minimum absolute atomic E-state index is 0.0267. The predicted molar refractivity (Wildman–Crippen MR) is 78.9 cm³/mol. The average molecular weight is 308 g/mol. The lowest BCUT2D eigenvalue weighted by atomic mass is 10.1. The van der Waals surface area contributed by atoms with Crippen LogP contribution in [0.3, 0.4) is 0 Å². The number of aromatic nitrogens is 1. The van der Waals surface area contributed by atoms with Crippen LogP contribution in [0, 0.1) is 13.8 Å². The third-order valence-electron chi connectivity index (χ3n) is 3.13. The van der Waals surface area contributed by atoms with Crippen LogP contribution < -0.4 is 4.72 Å². The molecule has 0 aliphatic rings. The van der Waals surface area contributed by atoms with E-state index < -0.39 is 16.0 Å². The Balaban J connectivity index is 2.27. The van der Waals surface area contributed by atoms with E-state index in [2.05, 4.69) is 14.4 Å². The first kappa shape index (κ1) is 15.1. The van der Waals surface area contributed by atoms with Crippen LogP contribution in [0.1, 0.15) is 21.6 Å². The fraction of sp³-hybridized carbons (Fsp3) is 0.214. The molecule has 0 atom stereocenters. The number of sulfonamides is 1. The Kier molecular flexibility index (Phi) is 4.04. The molecule has 2 rings (SSSR count). The van der Waals surface area contributed by atoms with Gasteiger partial charge in [-0.25, -0.2) is 13.2 Å². The highest BCUT2D eigenvalue weighted by atomic mass is 32.2. The van der Waals surface area contributed by atoms with Crippen LogP contribution in [-0.4, -0.2) is 26.5 Å². The molecule has 0 saturated heterocycles. The fourth-order valence-corrected chi connectivity index (χ4v) is 2.82. The van der Waals surface area contributed by atoms with E-state index in [0.29, 0.717) is 5.69 Å². The summed E-state index contributed by atoms with van der Waals surface area (Å²) < 4.78 is 31.5. The minimum atomic E-state index is -3.75. The molecule has 0 unspecified atom stereocenters. The molecule has 1 aromatic carbocycles. The summed E-state index contributed by atoms with van der Waals surface area (Å²) >= 11 is 0. The first-order valence-electron chi connectivity index (χ1n) is 6.20. The molecule has 0 spiro atoms. The Morgan fingerprint density at radius 3 is 2.52 bits per heavy atom. The molecule has 0 aliphatic heterocycles. The summed E-state index contributed by atoms with van der Waals surface area (Å²) in [6, 6.07) is 6.51. The zero-order valence-electron chi connectivity index (χ0n) is 11.9. The maximum atomic E-state index is 12.2. The molecule has 0 radical (unpaired) electrons. The lowest BCUT2D eigenvalue weighted by molar-refractivity contribution is 0.0595. The molecule has 1 heterocycles. The van der Waals surface area contributed by atoms with Gasteiger partial charge < -0.3 is 9.72 Å². The van der Waals surface area contributed by atoms with Gasteiger partial charge in [0.2, 0.25) is 0 Å². The quantitative estimate of drug-likeness (QED) is 0.848. The third kappa shape index (κ3) is 3.25. The van der Waals surface area contributed by atoms with Crippen molar-refractivity contribution in [1.29, 1.82) is 0 Å². The standard InChI is InChI=1S/C14H16N2O4S/c1-9-4-5-11(6-10(9)2)16-21(18,19)12-7-13(15-8-12)14(17)20-3/h4-8,15-16H,1-3H3. The summed E-state index contributed by atoms with van der Waals surface area (Å²) in [7, 11) is -2.53. The topological polar surface area (TPSA) is 88.3 Å². The van der Waals surface area contributed by atoms with E-state index in [4.69, 9.17) is 0 Å². The van der Waals surface area contributed by atoms with Gasteiger partial charge in [-0.3, -0.25) is 4.72 Å². The van der Waals surface area contributed by atoms with Crippen molar-refractivity contribution in [3.05, 3.63) is 47.3 Å². The van der Waals surface area contributed by atoms with E-state index in [0.717, 1.165) is 11.1 Å². The number of carbonyl (C=O) groups excluding carboxylic acids is 1. The number of H-pyrrole nitrogens is 1. The number of hydrogen-bond acceptors (Lipinski definition) is 4. The highest BCUT2D eigenvalue weighted by Gasteiger charge is 2.19. The Morgan fingerprint density at radius 1 is 1.19 bits per heavy atom. The predicted octanol–water partition coefficient (Wildman–Crippen LogP) is 2.22. The van der Waals surface area contributed by atoms with E-state index >= 15 is 0 Å². The Bertz CT molecular complexity index is 778. The highest BCUT2D eigenvalue weighted by Crippen LogP contribution is 2.19. The van der Waals surface area contributed by atoms with Crippen molar-refractivity contribution in [2.75, 3.05) is 11.8 Å². The molecule has 7 heteroatoms. The van der Waals surface area contributed by atoms with Crippen molar-refractivity contribution >= 4 is 21.7 Å². The number of benzene rings is 1. The molecular weight excluding hydrogens is 292 g/mol. The summed E-state index contributed by atoms with van der Waals surface area (Å²) in [5, 5.41) is 0. The van der Waals surface area contributed by atoms with Crippen LogP contribution in [0.5, 0.6) is 0 Å². The molecule has 0 saturated carbocycles. The molecule has 6 nitrogen and oxygen atoms in total. The molecule has 1 aromatic heterocycles. The Labute approximate surface area is 123 Å². The molecular formula is C14H16N2O4S. The maximum Gasteiger partial charge on any atom is 0.354 e. The van der Waals surface area contributed by atoms with Gasteiger partial charge in [-0.05, 0) is 43.2 Å². The summed E-state index contributed by atoms with van der Waals surface area (Å²) in [4.78, 5) is 13.9. The molecule has 21 heavy (non-hydrogen) atoms. The summed E-state index contributed by atoms with van der Waals surface area (Å²) in [5.41, 5.74) is 2.61. The second kappa shape index (κ2) is 5.61. The summed E-state index contributed by atoms with van der Waals surface area (Å²) in [6.07, 6.45) is 1.25. The molecule has 0 fully saturated rings. The lowest BCUT2D eigenvalue weighted by Crippen LogP contribution is -2.12. The van der Waals surface area contributed by atoms with Gasteiger partial charge in [0.25, 0.3) is 10.0 Å². The van der Waals surface area contributed by atoms with Gasteiger partial charge in [0.15, 0.2) is 0 Å². The molecule has 112 valence electrons. The van der Waals surface area contributed by atoms with E-state index in [9.17, 15) is 13.2 Å². The number of rotatable bonds is 4. The van der Waals surface area contributed by atoms with E-state index in [1.54, 1.807) is 12.1 Å². The first-order valence-corrected chi connectivity index (χ1v) is 7.68. The van der Waals surface area contributed by atoms with Crippen LogP contribution in [0.25, 0.3) is 0 Å². The van der Waals surface area contributed by atoms with E-state index in [1.807, 2.05) is 19.9 Å². The average Bonchev–Trinajstić information content (AvgIpc) is 2.92. The minimum Gasteiger partial charge on any atom is -0.464 e. The van der Waals surface area contributed by atoms with Gasteiger partial charge in [0.05, 0.1) is 7.11 Å². The third-order valence-corrected chi connectivity index (χ3v) is 4.49. The molecule has 0 aliphatic carbocycles. The molecule has 0 amide bonds. The maximum absolute atomic E-state index is 12.2. The van der Waals surface area contributed by atoms with Gasteiger partial charge in [-0.2, -0.15) is 0 Å². The largest absolute Gasteiger partial charge is 0.464 e. The zero-order chi connectivity index (χ0) is 15.6. The van der Waals surface area contributed by atoms with E-state index in [-0.39, 0.29) is 10.6 Å². The van der Waals surface area contributed by atoms with Crippen molar-refractivity contribution in [2.45, 2.75) is 18.7 Å². The number of esters is 1. The van der Waals surface area contributed by atoms with Crippen molar-refractivity contribution < 1.29 is 17.9 Å². The lowest BCUT2D eigenvalue weighted by Gasteiger charge is -2.08. The number of nitrogens with one attached hydrogen (secondary N) is 2. The smallest absolute Gasteiger partial charge is 0.354 e. The van der Waals surface area contributed by atoms with Gasteiger partial charge in [-0.15, -0.1) is 0 Å². The number of aryl methyl sites for hydroxylation is 2. The normalized spacial score (nSPS) is 11.2. The summed E-state index contributed by atoms with van der Waals surface area (Å²) in [5.74, 6) is -0.623. The molecule has 0 bridgehead atoms. The van der Waals surface area contributed by atoms with E-state index in [1.165, 1.54) is 19.4 Å². The number of methoxy groups -OCH3 is 1. The number of ether oxygens (including phenoxy) is 1. The first-order chi connectivity index (χ1) is 9.83. The Morgan fingerprint density at radius 2 is 1.90 bits per heavy atom. The van der Waals surface area contributed by atoms with Gasteiger partial charge in [-0.1, -0.05) is 6.07 Å². The monoisotopic (exact) mass is 308 g/mol. The fourth-order valence-electron chi connectivity index (χ4n) is 1.78. The highest BCUT2D eigenvalue weighted by molar-refractivity contribution is 7.92. The second-order valence-corrected chi connectivity index (χ2v) is 6.33. The molecule has 2 N–H and O–H groups in total. The van der Waals surface area contributed by atoms with Crippen LogP contribution in [-0.2, 0) is 14.8 Å². The molecule has 2 aromatic rings. The van der Waals surface area contributed by atoms with Crippen molar-refractivity contribution in [2.24, 2.45) is 0 Å². The number of anilines is 1.